The molecular formula is C21H26F3IN4O3. The third kappa shape index (κ3) is 8.09. The summed E-state index contributed by atoms with van der Waals surface area (Å²) in [6.45, 7) is 4.23. The lowest BCUT2D eigenvalue weighted by atomic mass is 10.3. The fourth-order valence-corrected chi connectivity index (χ4v) is 2.52. The number of para-hydroxylation sites is 2. The van der Waals surface area contributed by atoms with E-state index in [0.717, 1.165) is 12.1 Å². The van der Waals surface area contributed by atoms with E-state index in [0.29, 0.717) is 30.5 Å². The molecule has 1 atom stereocenters. The fourth-order valence-electron chi connectivity index (χ4n) is 2.52. The van der Waals surface area contributed by atoms with Crippen LogP contribution in [0.1, 0.15) is 13.8 Å². The second-order valence-corrected chi connectivity index (χ2v) is 6.43. The van der Waals surface area contributed by atoms with Gasteiger partial charge in [0.25, 0.3) is 0 Å². The Morgan fingerprint density at radius 3 is 2.41 bits per heavy atom. The fraction of sp³-hybridized carbons (Fsp3) is 0.333. The van der Waals surface area contributed by atoms with E-state index >= 15 is 0 Å². The molecule has 2 aromatic carbocycles. The molecule has 11 heteroatoms. The van der Waals surface area contributed by atoms with Crippen molar-refractivity contribution in [3.63, 3.8) is 0 Å². The number of hydrogen-bond acceptors (Lipinski definition) is 4. The molecule has 1 unspecified atom stereocenters. The lowest BCUT2D eigenvalue weighted by Gasteiger charge is -2.19. The number of anilines is 1. The highest BCUT2D eigenvalue weighted by Gasteiger charge is 2.15. The number of nitrogens with one attached hydrogen (secondary N) is 3. The molecule has 2 aromatic rings. The van der Waals surface area contributed by atoms with E-state index < -0.39 is 29.0 Å². The normalized spacial score (nSPS) is 11.8. The van der Waals surface area contributed by atoms with Crippen LogP contribution in [0, 0.1) is 17.5 Å². The van der Waals surface area contributed by atoms with Crippen LogP contribution in [0.5, 0.6) is 11.5 Å². The first-order valence-electron chi connectivity index (χ1n) is 9.60. The number of methoxy groups -OCH3 is 1. The summed E-state index contributed by atoms with van der Waals surface area (Å²) < 4.78 is 51.0. The van der Waals surface area contributed by atoms with Crippen LogP contribution in [-0.2, 0) is 4.79 Å². The smallest absolute Gasteiger partial charge is 0.246 e. The van der Waals surface area contributed by atoms with Crippen LogP contribution in [0.25, 0.3) is 0 Å². The number of rotatable bonds is 9. The Morgan fingerprint density at radius 1 is 1.06 bits per heavy atom. The summed E-state index contributed by atoms with van der Waals surface area (Å²) in [7, 11) is 1.55. The van der Waals surface area contributed by atoms with E-state index in [1.165, 1.54) is 0 Å². The van der Waals surface area contributed by atoms with Crippen molar-refractivity contribution in [2.24, 2.45) is 4.99 Å². The van der Waals surface area contributed by atoms with Gasteiger partial charge in [-0.25, -0.2) is 18.2 Å². The molecular weight excluding hydrogens is 540 g/mol. The monoisotopic (exact) mass is 566 g/mol. The van der Waals surface area contributed by atoms with E-state index in [1.54, 1.807) is 19.2 Å². The van der Waals surface area contributed by atoms with Gasteiger partial charge in [0.05, 0.1) is 19.3 Å². The second kappa shape index (κ2) is 13.7. The molecule has 0 aliphatic rings. The Morgan fingerprint density at radius 2 is 1.75 bits per heavy atom. The van der Waals surface area contributed by atoms with Gasteiger partial charge in [-0.15, -0.1) is 24.0 Å². The number of nitrogens with zero attached hydrogens (tertiary/aromatic N) is 1. The number of halogens is 4. The first-order valence-corrected chi connectivity index (χ1v) is 9.60. The Hall–Kier alpha value is -2.70. The van der Waals surface area contributed by atoms with Crippen LogP contribution < -0.4 is 25.4 Å². The zero-order valence-electron chi connectivity index (χ0n) is 17.9. The average molecular weight is 566 g/mol. The molecule has 0 bridgehead atoms. The summed E-state index contributed by atoms with van der Waals surface area (Å²) in [4.78, 5) is 16.1. The molecule has 1 amide bonds. The molecule has 0 radical (unpaired) electrons. The highest BCUT2D eigenvalue weighted by atomic mass is 127. The number of amides is 1. The van der Waals surface area contributed by atoms with Gasteiger partial charge < -0.3 is 25.4 Å². The predicted molar refractivity (Wildman–Crippen MR) is 127 cm³/mol. The maximum atomic E-state index is 13.7. The maximum Gasteiger partial charge on any atom is 0.246 e. The highest BCUT2D eigenvalue weighted by molar-refractivity contribution is 14.0. The van der Waals surface area contributed by atoms with Crippen LogP contribution in [-0.4, -0.2) is 44.7 Å². The molecule has 0 fully saturated rings. The van der Waals surface area contributed by atoms with Crippen LogP contribution >= 0.6 is 24.0 Å². The van der Waals surface area contributed by atoms with Crippen molar-refractivity contribution < 1.29 is 27.4 Å². The van der Waals surface area contributed by atoms with Gasteiger partial charge in [0, 0.05) is 6.54 Å². The van der Waals surface area contributed by atoms with E-state index in [9.17, 15) is 18.0 Å². The Kier molecular flexibility index (Phi) is 11.7. The van der Waals surface area contributed by atoms with Crippen molar-refractivity contribution in [3.8, 4) is 11.5 Å². The predicted octanol–water partition coefficient (Wildman–Crippen LogP) is 3.69. The molecule has 0 heterocycles. The van der Waals surface area contributed by atoms with Crippen molar-refractivity contribution >= 4 is 41.5 Å². The quantitative estimate of drug-likeness (QED) is 0.187. The van der Waals surface area contributed by atoms with Gasteiger partial charge in [0.2, 0.25) is 5.91 Å². The lowest BCUT2D eigenvalue weighted by Crippen LogP contribution is -2.42. The molecule has 176 valence electrons. The van der Waals surface area contributed by atoms with Crippen LogP contribution in [0.3, 0.4) is 0 Å². The number of hydrogen-bond donors (Lipinski definition) is 3. The molecule has 0 saturated carbocycles. The second-order valence-electron chi connectivity index (χ2n) is 6.43. The zero-order chi connectivity index (χ0) is 22.8. The number of ether oxygens (including phenoxy) is 2. The summed E-state index contributed by atoms with van der Waals surface area (Å²) in [6.07, 6.45) is -0.259. The minimum Gasteiger partial charge on any atom is -0.493 e. The van der Waals surface area contributed by atoms with Crippen molar-refractivity contribution in [2.75, 3.05) is 32.1 Å². The molecule has 3 N–H and O–H groups in total. The number of benzene rings is 2. The Bertz CT molecular complexity index is 931. The lowest BCUT2D eigenvalue weighted by molar-refractivity contribution is -0.114. The van der Waals surface area contributed by atoms with E-state index in [-0.39, 0.29) is 36.6 Å². The van der Waals surface area contributed by atoms with Crippen molar-refractivity contribution in [2.45, 2.75) is 20.0 Å². The third-order valence-corrected chi connectivity index (χ3v) is 3.99. The summed E-state index contributed by atoms with van der Waals surface area (Å²) in [5.41, 5.74) is -0.462. The van der Waals surface area contributed by atoms with E-state index in [4.69, 9.17) is 9.47 Å². The SMILES string of the molecule is CCNC(=NCC(=O)Nc1ccc(F)c(F)c1F)NCC(C)Oc1ccccc1OC.I. The molecule has 32 heavy (non-hydrogen) atoms. The van der Waals surface area contributed by atoms with E-state index in [1.807, 2.05) is 26.0 Å². The van der Waals surface area contributed by atoms with Crippen molar-refractivity contribution in [3.05, 3.63) is 53.8 Å². The standard InChI is InChI=1S/C21H25F3N4O3.HI/c1-4-25-21(26-11-13(2)31-17-8-6-5-7-16(17)30-3)27-12-18(29)28-15-10-9-14(22)19(23)20(15)24;/h5-10,13H,4,11-12H2,1-3H3,(H,28,29)(H2,25,26,27);1H. The molecule has 2 rings (SSSR count). The van der Waals surface area contributed by atoms with Gasteiger partial charge >= 0.3 is 0 Å². The minimum atomic E-state index is -1.65. The van der Waals surface area contributed by atoms with Gasteiger partial charge in [0.1, 0.15) is 12.6 Å². The van der Waals surface area contributed by atoms with Crippen LogP contribution in [0.2, 0.25) is 0 Å². The largest absolute Gasteiger partial charge is 0.493 e. The van der Waals surface area contributed by atoms with Gasteiger partial charge in [-0.2, -0.15) is 0 Å². The maximum absolute atomic E-state index is 13.7. The number of aliphatic imine (C=N–C) groups is 1. The number of carbonyl (C=O) groups excluding carboxylic acids is 1. The Labute approximate surface area is 201 Å². The van der Waals surface area contributed by atoms with Crippen molar-refractivity contribution in [1.82, 2.24) is 10.6 Å². The summed E-state index contributed by atoms with van der Waals surface area (Å²) in [5.74, 6) is -3.62. The number of guanidine groups is 1. The van der Waals surface area contributed by atoms with Gasteiger partial charge in [0.15, 0.2) is 34.9 Å². The third-order valence-electron chi connectivity index (χ3n) is 3.99. The molecule has 0 saturated heterocycles. The van der Waals surface area contributed by atoms with Gasteiger partial charge in [-0.05, 0) is 38.1 Å². The molecule has 0 aliphatic carbocycles. The molecule has 0 spiro atoms. The summed E-state index contributed by atoms with van der Waals surface area (Å²) in [6, 6.07) is 8.91. The molecule has 0 aromatic heterocycles. The van der Waals surface area contributed by atoms with Gasteiger partial charge in [-0.1, -0.05) is 12.1 Å². The first kappa shape index (κ1) is 27.3. The van der Waals surface area contributed by atoms with Crippen LogP contribution in [0.4, 0.5) is 18.9 Å². The summed E-state index contributed by atoms with van der Waals surface area (Å²) >= 11 is 0. The average Bonchev–Trinajstić information content (AvgIpc) is 2.76. The minimum absolute atomic E-state index is 0. The van der Waals surface area contributed by atoms with Gasteiger partial charge in [-0.3, -0.25) is 4.79 Å². The summed E-state index contributed by atoms with van der Waals surface area (Å²) in [5, 5.41) is 8.17. The van der Waals surface area contributed by atoms with Crippen LogP contribution in [0.15, 0.2) is 41.4 Å². The highest BCUT2D eigenvalue weighted by Crippen LogP contribution is 2.26. The first-order chi connectivity index (χ1) is 14.8. The Balaban J connectivity index is 0.00000512. The topological polar surface area (TPSA) is 84.0 Å². The molecule has 7 nitrogen and oxygen atoms in total. The van der Waals surface area contributed by atoms with Crippen molar-refractivity contribution in [1.29, 1.82) is 0 Å². The zero-order valence-corrected chi connectivity index (χ0v) is 20.2. The number of carbonyl (C=O) groups is 1. The van der Waals surface area contributed by atoms with E-state index in [2.05, 4.69) is 20.9 Å². The molecule has 0 aliphatic heterocycles.